The number of ether oxygens (including phenoxy) is 1. The molecule has 0 radical (unpaired) electrons. The average molecular weight is 326 g/mol. The van der Waals surface area contributed by atoms with Crippen LogP contribution < -0.4 is 5.32 Å². The van der Waals surface area contributed by atoms with Gasteiger partial charge in [0, 0.05) is 30.4 Å². The summed E-state index contributed by atoms with van der Waals surface area (Å²) in [5.41, 5.74) is -0.189. The summed E-state index contributed by atoms with van der Waals surface area (Å²) in [5.74, 6) is 0. The normalized spacial score (nSPS) is 11.6. The second-order valence-corrected chi connectivity index (χ2v) is 4.77. The Morgan fingerprint density at radius 3 is 2.56 bits per heavy atom. The van der Waals surface area contributed by atoms with Crippen molar-refractivity contribution in [3.8, 4) is 0 Å². The Kier molecular flexibility index (Phi) is 5.95. The summed E-state index contributed by atoms with van der Waals surface area (Å²) in [5, 5.41) is 2.97. The molecule has 0 saturated heterocycles. The molecule has 0 saturated carbocycles. The van der Waals surface area contributed by atoms with Crippen LogP contribution in [0.2, 0.25) is 0 Å². The van der Waals surface area contributed by atoms with Crippen molar-refractivity contribution in [1.82, 2.24) is 0 Å². The van der Waals surface area contributed by atoms with Gasteiger partial charge in [0.1, 0.15) is 0 Å². The molecular weight excluding hydrogens is 311 g/mol. The highest BCUT2D eigenvalue weighted by Crippen LogP contribution is 2.33. The molecule has 0 spiro atoms. The molecule has 0 atom stereocenters. The van der Waals surface area contributed by atoms with E-state index in [0.717, 1.165) is 25.0 Å². The molecule has 0 aliphatic heterocycles. The number of hydrogen-bond acceptors (Lipinski definition) is 2. The summed E-state index contributed by atoms with van der Waals surface area (Å²) in [7, 11) is 1.62. The highest BCUT2D eigenvalue weighted by Gasteiger charge is 2.31. The zero-order valence-electron chi connectivity index (χ0n) is 9.98. The van der Waals surface area contributed by atoms with Crippen LogP contribution in [0.15, 0.2) is 22.7 Å². The van der Waals surface area contributed by atoms with E-state index < -0.39 is 11.7 Å². The zero-order chi connectivity index (χ0) is 13.6. The van der Waals surface area contributed by atoms with Crippen LogP contribution in [0.3, 0.4) is 0 Å². The van der Waals surface area contributed by atoms with E-state index >= 15 is 0 Å². The predicted molar refractivity (Wildman–Crippen MR) is 68.7 cm³/mol. The first kappa shape index (κ1) is 15.3. The molecule has 0 amide bonds. The van der Waals surface area contributed by atoms with Crippen molar-refractivity contribution < 1.29 is 17.9 Å². The van der Waals surface area contributed by atoms with Gasteiger partial charge in [0.2, 0.25) is 0 Å². The third-order valence-electron chi connectivity index (χ3n) is 2.33. The van der Waals surface area contributed by atoms with E-state index in [1.807, 2.05) is 0 Å². The first-order valence-corrected chi connectivity index (χ1v) is 6.33. The highest BCUT2D eigenvalue weighted by atomic mass is 79.9. The lowest BCUT2D eigenvalue weighted by atomic mass is 10.2. The highest BCUT2D eigenvalue weighted by molar-refractivity contribution is 9.10. The number of alkyl halides is 3. The van der Waals surface area contributed by atoms with Gasteiger partial charge in [-0.05, 0) is 31.0 Å². The van der Waals surface area contributed by atoms with Crippen molar-refractivity contribution in [3.63, 3.8) is 0 Å². The van der Waals surface area contributed by atoms with Crippen molar-refractivity contribution in [2.45, 2.75) is 19.0 Å². The number of methoxy groups -OCH3 is 1. The minimum Gasteiger partial charge on any atom is -0.385 e. The number of benzene rings is 1. The maximum atomic E-state index is 12.6. The quantitative estimate of drug-likeness (QED) is 0.787. The molecular formula is C12H15BrF3NO. The van der Waals surface area contributed by atoms with E-state index in [1.54, 1.807) is 13.2 Å². The first-order chi connectivity index (χ1) is 8.43. The minimum atomic E-state index is -4.32. The van der Waals surface area contributed by atoms with Gasteiger partial charge in [0.05, 0.1) is 5.56 Å². The molecule has 102 valence electrons. The molecule has 0 unspecified atom stereocenters. The van der Waals surface area contributed by atoms with E-state index in [2.05, 4.69) is 21.2 Å². The topological polar surface area (TPSA) is 21.3 Å². The summed E-state index contributed by atoms with van der Waals surface area (Å²) in [6.45, 7) is 1.28. The molecule has 1 N–H and O–H groups in total. The van der Waals surface area contributed by atoms with Gasteiger partial charge in [-0.1, -0.05) is 15.9 Å². The smallest absolute Gasteiger partial charge is 0.385 e. The molecule has 0 aliphatic carbocycles. The SMILES string of the molecule is COCCCCNc1cc(Br)cc(C(F)(F)F)c1. The molecule has 1 rings (SSSR count). The number of halogens is 4. The second kappa shape index (κ2) is 6.99. The Balaban J connectivity index is 2.58. The van der Waals surface area contributed by atoms with Crippen LogP contribution in [0.1, 0.15) is 18.4 Å². The number of anilines is 1. The minimum absolute atomic E-state index is 0.414. The lowest BCUT2D eigenvalue weighted by molar-refractivity contribution is -0.137. The maximum Gasteiger partial charge on any atom is 0.416 e. The van der Waals surface area contributed by atoms with Gasteiger partial charge in [-0.15, -0.1) is 0 Å². The van der Waals surface area contributed by atoms with Crippen LogP contribution in [0, 0.1) is 0 Å². The molecule has 0 bridgehead atoms. The fourth-order valence-electron chi connectivity index (χ4n) is 1.46. The van der Waals surface area contributed by atoms with Crippen LogP contribution in [-0.2, 0) is 10.9 Å². The third kappa shape index (κ3) is 5.27. The van der Waals surface area contributed by atoms with Crippen molar-refractivity contribution in [2.24, 2.45) is 0 Å². The predicted octanol–water partition coefficient (Wildman–Crippen LogP) is 4.31. The summed E-state index contributed by atoms with van der Waals surface area (Å²) >= 11 is 3.08. The van der Waals surface area contributed by atoms with Crippen molar-refractivity contribution in [1.29, 1.82) is 0 Å². The van der Waals surface area contributed by atoms with Gasteiger partial charge >= 0.3 is 6.18 Å². The summed E-state index contributed by atoms with van der Waals surface area (Å²) in [4.78, 5) is 0. The lowest BCUT2D eigenvalue weighted by Crippen LogP contribution is -2.08. The molecule has 0 heterocycles. The number of unbranched alkanes of at least 4 members (excludes halogenated alkanes) is 1. The monoisotopic (exact) mass is 325 g/mol. The standard InChI is InChI=1S/C12H15BrF3NO/c1-18-5-3-2-4-17-11-7-9(12(14,15)16)6-10(13)8-11/h6-8,17H,2-5H2,1H3. The second-order valence-electron chi connectivity index (χ2n) is 3.85. The fourth-order valence-corrected chi connectivity index (χ4v) is 1.95. The number of hydrogen-bond donors (Lipinski definition) is 1. The van der Waals surface area contributed by atoms with Crippen molar-refractivity contribution in [3.05, 3.63) is 28.2 Å². The van der Waals surface area contributed by atoms with Gasteiger partial charge < -0.3 is 10.1 Å². The van der Waals surface area contributed by atoms with Crippen LogP contribution in [0.5, 0.6) is 0 Å². The number of rotatable bonds is 6. The molecule has 1 aromatic carbocycles. The van der Waals surface area contributed by atoms with Gasteiger partial charge in [-0.3, -0.25) is 0 Å². The number of nitrogens with one attached hydrogen (secondary N) is 1. The Morgan fingerprint density at radius 2 is 1.94 bits per heavy atom. The van der Waals surface area contributed by atoms with E-state index in [4.69, 9.17) is 4.74 Å². The summed E-state index contributed by atoms with van der Waals surface area (Å²) < 4.78 is 43.0. The Morgan fingerprint density at radius 1 is 1.22 bits per heavy atom. The third-order valence-corrected chi connectivity index (χ3v) is 2.79. The lowest BCUT2D eigenvalue weighted by Gasteiger charge is -2.11. The Bertz CT molecular complexity index is 382. The van der Waals surface area contributed by atoms with Gasteiger partial charge in [-0.25, -0.2) is 0 Å². The van der Waals surface area contributed by atoms with Gasteiger partial charge in [-0.2, -0.15) is 13.2 Å². The van der Waals surface area contributed by atoms with Crippen LogP contribution in [-0.4, -0.2) is 20.3 Å². The van der Waals surface area contributed by atoms with E-state index in [-0.39, 0.29) is 0 Å². The molecule has 1 aromatic rings. The largest absolute Gasteiger partial charge is 0.416 e. The average Bonchev–Trinajstić information content (AvgIpc) is 2.27. The molecule has 6 heteroatoms. The molecule has 2 nitrogen and oxygen atoms in total. The van der Waals surface area contributed by atoms with Crippen molar-refractivity contribution in [2.75, 3.05) is 25.6 Å². The Hall–Kier alpha value is -0.750. The molecule has 0 aromatic heterocycles. The van der Waals surface area contributed by atoms with Crippen molar-refractivity contribution >= 4 is 21.6 Å². The van der Waals surface area contributed by atoms with E-state index in [1.165, 1.54) is 0 Å². The zero-order valence-corrected chi connectivity index (χ0v) is 11.6. The molecule has 0 fully saturated rings. The van der Waals surface area contributed by atoms with Crippen LogP contribution >= 0.6 is 15.9 Å². The first-order valence-electron chi connectivity index (χ1n) is 5.54. The molecule has 0 aliphatic rings. The van der Waals surface area contributed by atoms with Crippen LogP contribution in [0.4, 0.5) is 18.9 Å². The van der Waals surface area contributed by atoms with Gasteiger partial charge in [0.25, 0.3) is 0 Å². The van der Waals surface area contributed by atoms with Crippen LogP contribution in [0.25, 0.3) is 0 Å². The fraction of sp³-hybridized carbons (Fsp3) is 0.500. The summed E-state index contributed by atoms with van der Waals surface area (Å²) in [6.07, 6.45) is -2.60. The Labute approximate surface area is 113 Å². The van der Waals surface area contributed by atoms with Gasteiger partial charge in [0.15, 0.2) is 0 Å². The van der Waals surface area contributed by atoms with E-state index in [0.29, 0.717) is 23.3 Å². The summed E-state index contributed by atoms with van der Waals surface area (Å²) in [6, 6.07) is 3.81. The maximum absolute atomic E-state index is 12.6. The molecule has 18 heavy (non-hydrogen) atoms. The van der Waals surface area contributed by atoms with E-state index in [9.17, 15) is 13.2 Å².